The van der Waals surface area contributed by atoms with E-state index in [0.29, 0.717) is 5.92 Å². The van der Waals surface area contributed by atoms with Gasteiger partial charge in [-0.05, 0) is 43.7 Å². The first-order valence-electron chi connectivity index (χ1n) is 7.29. The van der Waals surface area contributed by atoms with Gasteiger partial charge in [0, 0.05) is 25.8 Å². The first-order valence-corrected chi connectivity index (χ1v) is 7.29. The SMILES string of the molecule is c1cc(CNC2CC2)ncc1OCC1CCOCC1. The van der Waals surface area contributed by atoms with Crippen LogP contribution in [0.4, 0.5) is 0 Å². The maximum absolute atomic E-state index is 5.80. The van der Waals surface area contributed by atoms with Gasteiger partial charge in [0.2, 0.25) is 0 Å². The molecule has 1 saturated heterocycles. The van der Waals surface area contributed by atoms with Gasteiger partial charge in [-0.25, -0.2) is 0 Å². The van der Waals surface area contributed by atoms with Crippen molar-refractivity contribution in [2.75, 3.05) is 19.8 Å². The highest BCUT2D eigenvalue weighted by Gasteiger charge is 2.20. The lowest BCUT2D eigenvalue weighted by Gasteiger charge is -2.21. The summed E-state index contributed by atoms with van der Waals surface area (Å²) in [5.74, 6) is 1.51. The molecule has 1 aromatic rings. The van der Waals surface area contributed by atoms with Gasteiger partial charge in [-0.1, -0.05) is 0 Å². The van der Waals surface area contributed by atoms with Crippen molar-refractivity contribution >= 4 is 0 Å². The molecule has 1 aliphatic carbocycles. The Morgan fingerprint density at radius 1 is 1.21 bits per heavy atom. The van der Waals surface area contributed by atoms with Crippen LogP contribution in [0.15, 0.2) is 18.3 Å². The van der Waals surface area contributed by atoms with E-state index in [4.69, 9.17) is 9.47 Å². The maximum atomic E-state index is 5.80. The number of pyridine rings is 1. The number of hydrogen-bond acceptors (Lipinski definition) is 4. The maximum Gasteiger partial charge on any atom is 0.137 e. The van der Waals surface area contributed by atoms with Crippen molar-refractivity contribution in [1.82, 2.24) is 10.3 Å². The van der Waals surface area contributed by atoms with Crippen molar-refractivity contribution in [3.63, 3.8) is 0 Å². The number of ether oxygens (including phenoxy) is 2. The highest BCUT2D eigenvalue weighted by Crippen LogP contribution is 2.20. The molecule has 0 unspecified atom stereocenters. The number of nitrogens with zero attached hydrogens (tertiary/aromatic N) is 1. The predicted molar refractivity (Wildman–Crippen MR) is 73.1 cm³/mol. The fraction of sp³-hybridized carbons (Fsp3) is 0.667. The normalized spacial score (nSPS) is 20.4. The van der Waals surface area contributed by atoms with Crippen molar-refractivity contribution in [3.8, 4) is 5.75 Å². The molecular weight excluding hydrogens is 240 g/mol. The molecule has 1 aliphatic heterocycles. The van der Waals surface area contributed by atoms with Crippen LogP contribution in [-0.2, 0) is 11.3 Å². The summed E-state index contributed by atoms with van der Waals surface area (Å²) in [5.41, 5.74) is 1.09. The van der Waals surface area contributed by atoms with Crippen LogP contribution in [0.3, 0.4) is 0 Å². The Bertz CT molecular complexity index is 384. The van der Waals surface area contributed by atoms with E-state index in [0.717, 1.165) is 56.7 Å². The molecule has 0 atom stereocenters. The fourth-order valence-corrected chi connectivity index (χ4v) is 2.26. The van der Waals surface area contributed by atoms with Crippen molar-refractivity contribution in [2.24, 2.45) is 5.92 Å². The lowest BCUT2D eigenvalue weighted by Crippen LogP contribution is -2.21. The Balaban J connectivity index is 1.42. The second-order valence-electron chi connectivity index (χ2n) is 5.51. The average molecular weight is 262 g/mol. The van der Waals surface area contributed by atoms with Crippen LogP contribution >= 0.6 is 0 Å². The minimum Gasteiger partial charge on any atom is -0.492 e. The highest BCUT2D eigenvalue weighted by atomic mass is 16.5. The van der Waals surface area contributed by atoms with Gasteiger partial charge in [-0.2, -0.15) is 0 Å². The molecule has 19 heavy (non-hydrogen) atoms. The van der Waals surface area contributed by atoms with Crippen LogP contribution in [0, 0.1) is 5.92 Å². The molecule has 0 aromatic carbocycles. The van der Waals surface area contributed by atoms with E-state index < -0.39 is 0 Å². The summed E-state index contributed by atoms with van der Waals surface area (Å²) >= 11 is 0. The largest absolute Gasteiger partial charge is 0.492 e. The lowest BCUT2D eigenvalue weighted by atomic mass is 10.0. The zero-order chi connectivity index (χ0) is 12.9. The molecule has 2 heterocycles. The smallest absolute Gasteiger partial charge is 0.137 e. The Morgan fingerprint density at radius 2 is 2.05 bits per heavy atom. The number of nitrogens with one attached hydrogen (secondary N) is 1. The van der Waals surface area contributed by atoms with Crippen LogP contribution in [0.5, 0.6) is 5.75 Å². The predicted octanol–water partition coefficient (Wildman–Crippen LogP) is 2.14. The fourth-order valence-electron chi connectivity index (χ4n) is 2.26. The van der Waals surface area contributed by atoms with E-state index in [-0.39, 0.29) is 0 Å². The quantitative estimate of drug-likeness (QED) is 0.853. The molecule has 0 spiro atoms. The van der Waals surface area contributed by atoms with Gasteiger partial charge in [0.25, 0.3) is 0 Å². The summed E-state index contributed by atoms with van der Waals surface area (Å²) in [7, 11) is 0. The molecule has 2 aliphatic rings. The van der Waals surface area contributed by atoms with Crippen molar-refractivity contribution in [2.45, 2.75) is 38.3 Å². The molecule has 3 rings (SSSR count). The van der Waals surface area contributed by atoms with E-state index in [1.807, 2.05) is 12.3 Å². The molecule has 2 fully saturated rings. The molecule has 1 saturated carbocycles. The van der Waals surface area contributed by atoms with Crippen LogP contribution in [-0.4, -0.2) is 30.8 Å². The molecule has 104 valence electrons. The Morgan fingerprint density at radius 3 is 2.74 bits per heavy atom. The van der Waals surface area contributed by atoms with E-state index in [1.165, 1.54) is 12.8 Å². The zero-order valence-electron chi connectivity index (χ0n) is 11.3. The zero-order valence-corrected chi connectivity index (χ0v) is 11.3. The summed E-state index contributed by atoms with van der Waals surface area (Å²) in [5, 5.41) is 3.46. The van der Waals surface area contributed by atoms with Gasteiger partial charge >= 0.3 is 0 Å². The van der Waals surface area contributed by atoms with Gasteiger partial charge < -0.3 is 14.8 Å². The van der Waals surface area contributed by atoms with Crippen LogP contribution in [0.25, 0.3) is 0 Å². The summed E-state index contributed by atoms with van der Waals surface area (Å²) in [6.45, 7) is 3.39. The molecule has 0 amide bonds. The van der Waals surface area contributed by atoms with Gasteiger partial charge in [0.15, 0.2) is 0 Å². The second-order valence-corrected chi connectivity index (χ2v) is 5.51. The van der Waals surface area contributed by atoms with E-state index in [1.54, 1.807) is 0 Å². The van der Waals surface area contributed by atoms with Gasteiger partial charge in [-0.15, -0.1) is 0 Å². The summed E-state index contributed by atoms with van der Waals surface area (Å²) < 4.78 is 11.1. The molecule has 0 radical (unpaired) electrons. The molecule has 1 aromatic heterocycles. The first-order chi connectivity index (χ1) is 9.40. The molecular formula is C15H22N2O2. The summed E-state index contributed by atoms with van der Waals surface area (Å²) in [6.07, 6.45) is 6.68. The van der Waals surface area contributed by atoms with Crippen LogP contribution in [0.1, 0.15) is 31.4 Å². The molecule has 4 heteroatoms. The molecule has 1 N–H and O–H groups in total. The van der Waals surface area contributed by atoms with E-state index >= 15 is 0 Å². The summed E-state index contributed by atoms with van der Waals surface area (Å²) in [4.78, 5) is 4.43. The minimum atomic E-state index is 0.630. The minimum absolute atomic E-state index is 0.630. The average Bonchev–Trinajstić information content (AvgIpc) is 3.29. The van der Waals surface area contributed by atoms with E-state index in [9.17, 15) is 0 Å². The monoisotopic (exact) mass is 262 g/mol. The van der Waals surface area contributed by atoms with Gasteiger partial charge in [0.1, 0.15) is 5.75 Å². The lowest BCUT2D eigenvalue weighted by molar-refractivity contribution is 0.0497. The van der Waals surface area contributed by atoms with Gasteiger partial charge in [-0.3, -0.25) is 4.98 Å². The Labute approximate surface area is 114 Å². The van der Waals surface area contributed by atoms with Gasteiger partial charge in [0.05, 0.1) is 18.5 Å². The molecule has 4 nitrogen and oxygen atoms in total. The Hall–Kier alpha value is -1.13. The standard InChI is InChI=1S/C15H22N2O2/c1-2-13(1)16-9-14-3-4-15(10-17-14)19-11-12-5-7-18-8-6-12/h3-4,10,12-13,16H,1-2,5-9,11H2. The second kappa shape index (κ2) is 6.35. The van der Waals surface area contributed by atoms with Crippen molar-refractivity contribution in [1.29, 1.82) is 0 Å². The number of hydrogen-bond donors (Lipinski definition) is 1. The molecule has 0 bridgehead atoms. The van der Waals surface area contributed by atoms with E-state index in [2.05, 4.69) is 16.4 Å². The first kappa shape index (κ1) is 12.9. The third-order valence-corrected chi connectivity index (χ3v) is 3.77. The Kier molecular flexibility index (Phi) is 4.30. The summed E-state index contributed by atoms with van der Waals surface area (Å²) in [6, 6.07) is 4.80. The van der Waals surface area contributed by atoms with Crippen molar-refractivity contribution < 1.29 is 9.47 Å². The van der Waals surface area contributed by atoms with Crippen molar-refractivity contribution in [3.05, 3.63) is 24.0 Å². The third-order valence-electron chi connectivity index (χ3n) is 3.77. The van der Waals surface area contributed by atoms with Crippen LogP contribution in [0.2, 0.25) is 0 Å². The third kappa shape index (κ3) is 4.18. The van der Waals surface area contributed by atoms with Crippen LogP contribution < -0.4 is 10.1 Å². The number of aromatic nitrogens is 1. The number of rotatable bonds is 6. The topological polar surface area (TPSA) is 43.4 Å². The highest BCUT2D eigenvalue weighted by molar-refractivity contribution is 5.20.